The molecule has 2 atom stereocenters. The summed E-state index contributed by atoms with van der Waals surface area (Å²) in [5, 5.41) is 7.79. The fraction of sp³-hybridized carbons (Fsp3) is 0.769. The van der Waals surface area contributed by atoms with E-state index in [2.05, 4.69) is 38.1 Å². The molecule has 0 saturated carbocycles. The van der Waals surface area contributed by atoms with Crippen molar-refractivity contribution in [3.8, 4) is 5.75 Å². The Morgan fingerprint density at radius 1 is 1.41 bits per heavy atom. The third-order valence-electron chi connectivity index (χ3n) is 3.09. The molecule has 4 nitrogen and oxygen atoms in total. The predicted molar refractivity (Wildman–Crippen MR) is 70.6 cm³/mol. The van der Waals surface area contributed by atoms with Crippen LogP contribution >= 0.6 is 0 Å². The molecule has 0 bridgehead atoms. The lowest BCUT2D eigenvalue weighted by Gasteiger charge is -2.19. The summed E-state index contributed by atoms with van der Waals surface area (Å²) in [4.78, 5) is 0. The Labute approximate surface area is 104 Å². The van der Waals surface area contributed by atoms with Crippen LogP contribution in [0.1, 0.15) is 45.7 Å². The van der Waals surface area contributed by atoms with Crippen molar-refractivity contribution in [1.29, 1.82) is 0 Å². The van der Waals surface area contributed by atoms with Gasteiger partial charge < -0.3 is 10.1 Å². The molecule has 0 aliphatic heterocycles. The first-order valence-electron chi connectivity index (χ1n) is 6.47. The Morgan fingerprint density at radius 3 is 2.65 bits per heavy atom. The van der Waals surface area contributed by atoms with Gasteiger partial charge in [0.25, 0.3) is 0 Å². The topological polar surface area (TPSA) is 39.1 Å². The smallest absolute Gasteiger partial charge is 0.160 e. The third kappa shape index (κ3) is 3.46. The second-order valence-electron chi connectivity index (χ2n) is 4.51. The maximum Gasteiger partial charge on any atom is 0.160 e. The molecule has 0 aliphatic rings. The van der Waals surface area contributed by atoms with Crippen LogP contribution in [0.15, 0.2) is 6.20 Å². The molecule has 98 valence electrons. The molecular weight excluding hydrogens is 214 g/mol. The zero-order valence-electron chi connectivity index (χ0n) is 11.7. The molecule has 0 aromatic carbocycles. The maximum atomic E-state index is 5.39. The molecule has 0 radical (unpaired) electrons. The Bertz CT molecular complexity index is 314. The molecule has 1 aromatic rings. The van der Waals surface area contributed by atoms with Gasteiger partial charge in [0.1, 0.15) is 0 Å². The molecule has 0 aliphatic carbocycles. The monoisotopic (exact) mass is 239 g/mol. The normalized spacial score (nSPS) is 14.6. The quantitative estimate of drug-likeness (QED) is 0.794. The van der Waals surface area contributed by atoms with E-state index in [-0.39, 0.29) is 0 Å². The highest BCUT2D eigenvalue weighted by Crippen LogP contribution is 2.29. The minimum absolute atomic E-state index is 0.446. The van der Waals surface area contributed by atoms with Crippen LogP contribution in [0, 0.1) is 0 Å². The molecule has 2 unspecified atom stereocenters. The summed E-state index contributed by atoms with van der Waals surface area (Å²) in [6, 6.07) is 0.514. The SMILES string of the molecule is CCNC(C)CC(C)c1c(OC)cnn1CC. The summed E-state index contributed by atoms with van der Waals surface area (Å²) in [7, 11) is 1.71. The van der Waals surface area contributed by atoms with Crippen molar-refractivity contribution < 1.29 is 4.74 Å². The van der Waals surface area contributed by atoms with Gasteiger partial charge in [-0.1, -0.05) is 13.8 Å². The number of nitrogens with one attached hydrogen (secondary N) is 1. The van der Waals surface area contributed by atoms with Gasteiger partial charge in [-0.05, 0) is 26.8 Å². The van der Waals surface area contributed by atoms with Crippen molar-refractivity contribution in [3.05, 3.63) is 11.9 Å². The first kappa shape index (κ1) is 14.0. The van der Waals surface area contributed by atoms with Gasteiger partial charge in [-0.3, -0.25) is 4.68 Å². The molecule has 1 rings (SSSR count). The molecule has 0 saturated heterocycles. The number of aryl methyl sites for hydroxylation is 1. The summed E-state index contributed by atoms with van der Waals surface area (Å²) in [5.41, 5.74) is 1.21. The van der Waals surface area contributed by atoms with E-state index in [1.807, 2.05) is 10.9 Å². The minimum atomic E-state index is 0.446. The van der Waals surface area contributed by atoms with Crippen molar-refractivity contribution in [3.63, 3.8) is 0 Å². The summed E-state index contributed by atoms with van der Waals surface area (Å²) in [5.74, 6) is 1.35. The fourth-order valence-corrected chi connectivity index (χ4v) is 2.36. The van der Waals surface area contributed by atoms with Crippen molar-refractivity contribution in [2.45, 2.75) is 52.6 Å². The summed E-state index contributed by atoms with van der Waals surface area (Å²) in [6.07, 6.45) is 2.91. The number of methoxy groups -OCH3 is 1. The molecule has 17 heavy (non-hydrogen) atoms. The van der Waals surface area contributed by atoms with Crippen LogP contribution in [0.2, 0.25) is 0 Å². The third-order valence-corrected chi connectivity index (χ3v) is 3.09. The van der Waals surface area contributed by atoms with Gasteiger partial charge in [-0.25, -0.2) is 0 Å². The number of ether oxygens (including phenoxy) is 1. The van der Waals surface area contributed by atoms with Gasteiger partial charge in [-0.15, -0.1) is 0 Å². The van der Waals surface area contributed by atoms with Gasteiger partial charge in [0.2, 0.25) is 0 Å². The van der Waals surface area contributed by atoms with Crippen LogP contribution in [-0.4, -0.2) is 29.5 Å². The Balaban J connectivity index is 2.79. The predicted octanol–water partition coefficient (Wildman–Crippen LogP) is 2.40. The Kier molecular flexibility index (Phi) is 5.48. The molecule has 1 aromatic heterocycles. The van der Waals surface area contributed by atoms with Crippen LogP contribution in [-0.2, 0) is 6.54 Å². The van der Waals surface area contributed by atoms with Crippen LogP contribution in [0.25, 0.3) is 0 Å². The van der Waals surface area contributed by atoms with E-state index in [0.717, 1.165) is 25.3 Å². The van der Waals surface area contributed by atoms with E-state index < -0.39 is 0 Å². The molecule has 0 fully saturated rings. The Hall–Kier alpha value is -1.03. The van der Waals surface area contributed by atoms with E-state index in [9.17, 15) is 0 Å². The first-order valence-corrected chi connectivity index (χ1v) is 6.47. The summed E-state index contributed by atoms with van der Waals surface area (Å²) >= 11 is 0. The van der Waals surface area contributed by atoms with Crippen LogP contribution in [0.5, 0.6) is 5.75 Å². The van der Waals surface area contributed by atoms with Crippen LogP contribution in [0.3, 0.4) is 0 Å². The fourth-order valence-electron chi connectivity index (χ4n) is 2.36. The van der Waals surface area contributed by atoms with Crippen LogP contribution in [0.4, 0.5) is 0 Å². The Morgan fingerprint density at radius 2 is 2.12 bits per heavy atom. The van der Waals surface area contributed by atoms with Crippen molar-refractivity contribution in [2.24, 2.45) is 0 Å². The van der Waals surface area contributed by atoms with E-state index in [1.165, 1.54) is 5.69 Å². The molecule has 1 N–H and O–H groups in total. The van der Waals surface area contributed by atoms with E-state index in [0.29, 0.717) is 12.0 Å². The average molecular weight is 239 g/mol. The lowest BCUT2D eigenvalue weighted by Crippen LogP contribution is -2.27. The number of hydrogen-bond acceptors (Lipinski definition) is 3. The highest BCUT2D eigenvalue weighted by Gasteiger charge is 2.19. The molecule has 4 heteroatoms. The van der Waals surface area contributed by atoms with Gasteiger partial charge in [0.05, 0.1) is 19.0 Å². The molecular formula is C13H25N3O. The number of rotatable bonds is 7. The second kappa shape index (κ2) is 6.64. The molecule has 1 heterocycles. The second-order valence-corrected chi connectivity index (χ2v) is 4.51. The number of nitrogens with zero attached hydrogens (tertiary/aromatic N) is 2. The van der Waals surface area contributed by atoms with Gasteiger partial charge in [0.15, 0.2) is 5.75 Å². The van der Waals surface area contributed by atoms with Crippen molar-refractivity contribution in [1.82, 2.24) is 15.1 Å². The van der Waals surface area contributed by atoms with Gasteiger partial charge in [-0.2, -0.15) is 5.10 Å². The van der Waals surface area contributed by atoms with Crippen molar-refractivity contribution >= 4 is 0 Å². The average Bonchev–Trinajstić information content (AvgIpc) is 2.71. The standard InChI is InChI=1S/C13H25N3O/c1-6-14-11(4)8-10(3)13-12(17-5)9-15-16(13)7-2/h9-11,14H,6-8H2,1-5H3. The number of hydrogen-bond donors (Lipinski definition) is 1. The molecule has 0 amide bonds. The lowest BCUT2D eigenvalue weighted by atomic mass is 9.98. The van der Waals surface area contributed by atoms with E-state index in [4.69, 9.17) is 4.74 Å². The summed E-state index contributed by atoms with van der Waals surface area (Å²) in [6.45, 7) is 10.6. The highest BCUT2D eigenvalue weighted by atomic mass is 16.5. The molecule has 0 spiro atoms. The maximum absolute atomic E-state index is 5.39. The first-order chi connectivity index (χ1) is 8.13. The zero-order chi connectivity index (χ0) is 12.8. The van der Waals surface area contributed by atoms with Gasteiger partial charge >= 0.3 is 0 Å². The highest BCUT2D eigenvalue weighted by molar-refractivity contribution is 5.28. The van der Waals surface area contributed by atoms with E-state index in [1.54, 1.807) is 7.11 Å². The van der Waals surface area contributed by atoms with Gasteiger partial charge in [0, 0.05) is 18.5 Å². The lowest BCUT2D eigenvalue weighted by molar-refractivity contribution is 0.394. The van der Waals surface area contributed by atoms with Crippen LogP contribution < -0.4 is 10.1 Å². The largest absolute Gasteiger partial charge is 0.493 e. The minimum Gasteiger partial charge on any atom is -0.493 e. The number of aromatic nitrogens is 2. The van der Waals surface area contributed by atoms with Crippen molar-refractivity contribution in [2.75, 3.05) is 13.7 Å². The van der Waals surface area contributed by atoms with E-state index >= 15 is 0 Å². The zero-order valence-corrected chi connectivity index (χ0v) is 11.7. The summed E-state index contributed by atoms with van der Waals surface area (Å²) < 4.78 is 7.42.